The summed E-state index contributed by atoms with van der Waals surface area (Å²) in [5.41, 5.74) is 0.914. The molecule has 0 N–H and O–H groups in total. The maximum absolute atomic E-state index is 13.0. The van der Waals surface area contributed by atoms with Crippen LogP contribution in [0.15, 0.2) is 42.5 Å². The van der Waals surface area contributed by atoms with Gasteiger partial charge in [0.1, 0.15) is 5.92 Å². The zero-order valence-corrected chi connectivity index (χ0v) is 14.5. The summed E-state index contributed by atoms with van der Waals surface area (Å²) in [5.74, 6) is -0.580. The highest BCUT2D eigenvalue weighted by Gasteiger charge is 2.40. The minimum absolute atomic E-state index is 0.000775. The van der Waals surface area contributed by atoms with Gasteiger partial charge in [0, 0.05) is 38.1 Å². The number of hydrogen-bond donors (Lipinski definition) is 0. The lowest BCUT2D eigenvalue weighted by atomic mass is 10.1. The smallest absolute Gasteiger partial charge is 0.239 e. The Morgan fingerprint density at radius 2 is 1.68 bits per heavy atom. The molecule has 0 aromatic heterocycles. The molecular formula is C20H23N3O2. The summed E-state index contributed by atoms with van der Waals surface area (Å²) in [6.45, 7) is 3.79. The van der Waals surface area contributed by atoms with Gasteiger partial charge in [-0.3, -0.25) is 9.59 Å². The lowest BCUT2D eigenvalue weighted by Crippen LogP contribution is -2.50. The summed E-state index contributed by atoms with van der Waals surface area (Å²) in [6, 6.07) is 14.1. The van der Waals surface area contributed by atoms with Gasteiger partial charge in [-0.25, -0.2) is 0 Å². The third kappa shape index (κ3) is 2.89. The molecule has 2 fully saturated rings. The van der Waals surface area contributed by atoms with Crippen molar-refractivity contribution >= 4 is 28.3 Å². The van der Waals surface area contributed by atoms with Gasteiger partial charge in [-0.1, -0.05) is 36.4 Å². The number of piperazine rings is 1. The summed E-state index contributed by atoms with van der Waals surface area (Å²) >= 11 is 0. The topological polar surface area (TPSA) is 43.9 Å². The largest absolute Gasteiger partial charge is 0.339 e. The van der Waals surface area contributed by atoms with Gasteiger partial charge in [0.25, 0.3) is 0 Å². The average molecular weight is 337 g/mol. The van der Waals surface area contributed by atoms with Crippen molar-refractivity contribution in [3.8, 4) is 0 Å². The second-order valence-corrected chi connectivity index (χ2v) is 6.96. The number of carbonyl (C=O) groups is 2. The fourth-order valence-electron chi connectivity index (χ4n) is 3.84. The molecule has 25 heavy (non-hydrogen) atoms. The number of likely N-dealkylation sites (N-methyl/N-ethyl adjacent to an activating group) is 1. The van der Waals surface area contributed by atoms with Gasteiger partial charge in [0.2, 0.25) is 11.8 Å². The molecule has 1 unspecified atom stereocenters. The molecule has 2 aromatic rings. The Labute approximate surface area is 147 Å². The van der Waals surface area contributed by atoms with Crippen LogP contribution in [0, 0.1) is 5.92 Å². The molecule has 4 rings (SSSR count). The molecule has 0 saturated carbocycles. The molecule has 0 radical (unpaired) electrons. The fraction of sp³-hybridized carbons (Fsp3) is 0.400. The van der Waals surface area contributed by atoms with Gasteiger partial charge in [-0.05, 0) is 24.9 Å². The van der Waals surface area contributed by atoms with Crippen molar-refractivity contribution in [2.45, 2.75) is 6.42 Å². The molecule has 2 heterocycles. The fourth-order valence-corrected chi connectivity index (χ4v) is 3.84. The maximum atomic E-state index is 13.0. The normalized spacial score (nSPS) is 22.0. The lowest BCUT2D eigenvalue weighted by molar-refractivity contribution is -0.141. The Balaban J connectivity index is 1.56. The summed E-state index contributed by atoms with van der Waals surface area (Å²) < 4.78 is 0. The number of fused-ring (bicyclic) bond motifs is 1. The SMILES string of the molecule is CN1CCN(C(=O)C2CCN(c3cccc4ccccc34)C2=O)CC1. The van der Waals surface area contributed by atoms with E-state index in [-0.39, 0.29) is 11.8 Å². The minimum atomic E-state index is -0.526. The van der Waals surface area contributed by atoms with Crippen LogP contribution in [0.2, 0.25) is 0 Å². The quantitative estimate of drug-likeness (QED) is 0.787. The van der Waals surface area contributed by atoms with Crippen molar-refractivity contribution in [2.24, 2.45) is 5.92 Å². The van der Waals surface area contributed by atoms with Crippen LogP contribution in [0.1, 0.15) is 6.42 Å². The third-order valence-electron chi connectivity index (χ3n) is 5.38. The van der Waals surface area contributed by atoms with Crippen LogP contribution in [0.3, 0.4) is 0 Å². The Bertz CT molecular complexity index is 806. The van der Waals surface area contributed by atoms with E-state index >= 15 is 0 Å². The van der Waals surface area contributed by atoms with Crippen LogP contribution in [0.5, 0.6) is 0 Å². The third-order valence-corrected chi connectivity index (χ3v) is 5.38. The van der Waals surface area contributed by atoms with E-state index in [1.807, 2.05) is 47.4 Å². The molecule has 5 nitrogen and oxygen atoms in total. The van der Waals surface area contributed by atoms with Crippen LogP contribution in [0.25, 0.3) is 10.8 Å². The number of carbonyl (C=O) groups excluding carboxylic acids is 2. The van der Waals surface area contributed by atoms with Crippen molar-refractivity contribution in [1.82, 2.24) is 9.80 Å². The molecule has 5 heteroatoms. The van der Waals surface area contributed by atoms with Gasteiger partial charge < -0.3 is 14.7 Å². The molecular weight excluding hydrogens is 314 g/mol. The first-order valence-electron chi connectivity index (χ1n) is 8.91. The van der Waals surface area contributed by atoms with Gasteiger partial charge in [-0.2, -0.15) is 0 Å². The van der Waals surface area contributed by atoms with Crippen LogP contribution in [-0.2, 0) is 9.59 Å². The molecule has 2 saturated heterocycles. The Hall–Kier alpha value is -2.40. The molecule has 1 atom stereocenters. The van der Waals surface area contributed by atoms with E-state index in [0.717, 1.165) is 29.5 Å². The Kier molecular flexibility index (Phi) is 4.17. The van der Waals surface area contributed by atoms with E-state index in [4.69, 9.17) is 0 Å². The molecule has 2 aromatic carbocycles. The first-order chi connectivity index (χ1) is 12.1. The highest BCUT2D eigenvalue weighted by atomic mass is 16.2. The van der Waals surface area contributed by atoms with Crippen molar-refractivity contribution in [2.75, 3.05) is 44.7 Å². The van der Waals surface area contributed by atoms with Gasteiger partial charge in [0.15, 0.2) is 0 Å². The number of benzene rings is 2. The number of rotatable bonds is 2. The molecule has 2 aliphatic rings. The van der Waals surface area contributed by atoms with E-state index in [2.05, 4.69) is 11.9 Å². The molecule has 0 bridgehead atoms. The Morgan fingerprint density at radius 1 is 0.960 bits per heavy atom. The van der Waals surface area contributed by atoms with E-state index < -0.39 is 5.92 Å². The minimum Gasteiger partial charge on any atom is -0.339 e. The predicted molar refractivity (Wildman–Crippen MR) is 98.5 cm³/mol. The number of nitrogens with zero attached hydrogens (tertiary/aromatic N) is 3. The van der Waals surface area contributed by atoms with Crippen LogP contribution in [-0.4, -0.2) is 61.4 Å². The molecule has 2 aliphatic heterocycles. The molecule has 0 aliphatic carbocycles. The predicted octanol–water partition coefficient (Wildman–Crippen LogP) is 1.97. The van der Waals surface area contributed by atoms with Gasteiger partial charge in [0.05, 0.1) is 5.69 Å². The molecule has 130 valence electrons. The highest BCUT2D eigenvalue weighted by molar-refractivity contribution is 6.12. The standard InChI is InChI=1S/C20H23N3O2/c1-21-11-13-22(14-12-21)19(24)17-9-10-23(20(17)25)18-8-4-6-15-5-2-3-7-16(15)18/h2-8,17H,9-14H2,1H3. The van der Waals surface area contributed by atoms with Crippen molar-refractivity contribution < 1.29 is 9.59 Å². The highest BCUT2D eigenvalue weighted by Crippen LogP contribution is 2.32. The van der Waals surface area contributed by atoms with E-state index in [1.165, 1.54) is 0 Å². The number of anilines is 1. The Morgan fingerprint density at radius 3 is 2.48 bits per heavy atom. The second kappa shape index (κ2) is 6.48. The number of hydrogen-bond acceptors (Lipinski definition) is 3. The molecule has 2 amide bonds. The molecule has 0 spiro atoms. The summed E-state index contributed by atoms with van der Waals surface area (Å²) in [6.07, 6.45) is 0.604. The van der Waals surface area contributed by atoms with E-state index in [1.54, 1.807) is 4.90 Å². The van der Waals surface area contributed by atoms with E-state index in [9.17, 15) is 9.59 Å². The zero-order chi connectivity index (χ0) is 17.4. The van der Waals surface area contributed by atoms with Crippen LogP contribution >= 0.6 is 0 Å². The first-order valence-corrected chi connectivity index (χ1v) is 8.91. The second-order valence-electron chi connectivity index (χ2n) is 6.96. The van der Waals surface area contributed by atoms with Crippen molar-refractivity contribution in [1.29, 1.82) is 0 Å². The van der Waals surface area contributed by atoms with Crippen LogP contribution in [0.4, 0.5) is 5.69 Å². The van der Waals surface area contributed by atoms with Crippen molar-refractivity contribution in [3.63, 3.8) is 0 Å². The van der Waals surface area contributed by atoms with Crippen molar-refractivity contribution in [3.05, 3.63) is 42.5 Å². The average Bonchev–Trinajstić information content (AvgIpc) is 3.02. The number of amides is 2. The maximum Gasteiger partial charge on any atom is 0.239 e. The first kappa shape index (κ1) is 16.1. The van der Waals surface area contributed by atoms with Crippen LogP contribution < -0.4 is 4.90 Å². The van der Waals surface area contributed by atoms with Gasteiger partial charge >= 0.3 is 0 Å². The zero-order valence-electron chi connectivity index (χ0n) is 14.5. The summed E-state index contributed by atoms with van der Waals surface area (Å²) in [5, 5.41) is 2.17. The summed E-state index contributed by atoms with van der Waals surface area (Å²) in [7, 11) is 2.06. The monoisotopic (exact) mass is 337 g/mol. The van der Waals surface area contributed by atoms with Gasteiger partial charge in [-0.15, -0.1) is 0 Å². The lowest BCUT2D eigenvalue weighted by Gasteiger charge is -2.33. The summed E-state index contributed by atoms with van der Waals surface area (Å²) in [4.78, 5) is 31.6. The van der Waals surface area contributed by atoms with E-state index in [0.29, 0.717) is 26.1 Å².